The molecule has 1 saturated heterocycles. The molecule has 0 bridgehead atoms. The number of aromatic nitrogens is 1. The van der Waals surface area contributed by atoms with Crippen LogP contribution in [0.4, 0.5) is 5.82 Å². The molecule has 2 rings (SSSR count). The van der Waals surface area contributed by atoms with Crippen molar-refractivity contribution in [2.75, 3.05) is 25.1 Å². The number of nitrogens with one attached hydrogen (secondary N) is 1. The zero-order valence-electron chi connectivity index (χ0n) is 11.1. The predicted octanol–water partition coefficient (Wildman–Crippen LogP) is 1.54. The highest BCUT2D eigenvalue weighted by atomic mass is 16.3. The highest BCUT2D eigenvalue weighted by molar-refractivity contribution is 5.48. The summed E-state index contributed by atoms with van der Waals surface area (Å²) in [4.78, 5) is 6.83. The summed E-state index contributed by atoms with van der Waals surface area (Å²) in [6.45, 7) is 2.03. The second-order valence-electron chi connectivity index (χ2n) is 4.90. The Labute approximate surface area is 109 Å². The summed E-state index contributed by atoms with van der Waals surface area (Å²) in [6.07, 6.45) is 6.54. The van der Waals surface area contributed by atoms with E-state index < -0.39 is 0 Å². The minimum Gasteiger partial charge on any atom is -0.394 e. The maximum absolute atomic E-state index is 9.58. The molecule has 18 heavy (non-hydrogen) atoms. The van der Waals surface area contributed by atoms with Crippen molar-refractivity contribution in [1.82, 2.24) is 10.3 Å². The summed E-state index contributed by atoms with van der Waals surface area (Å²) in [6, 6.07) is 4.30. The summed E-state index contributed by atoms with van der Waals surface area (Å²) < 4.78 is 0. The van der Waals surface area contributed by atoms with Crippen LogP contribution < -0.4 is 10.2 Å². The first kappa shape index (κ1) is 13.3. The molecule has 0 saturated carbocycles. The van der Waals surface area contributed by atoms with Crippen molar-refractivity contribution in [2.24, 2.45) is 0 Å². The summed E-state index contributed by atoms with van der Waals surface area (Å²) in [5.41, 5.74) is 1.21. The Hall–Kier alpha value is -1.13. The lowest BCUT2D eigenvalue weighted by molar-refractivity contribution is 0.254. The first-order valence-corrected chi connectivity index (χ1v) is 6.83. The topological polar surface area (TPSA) is 48.4 Å². The van der Waals surface area contributed by atoms with Gasteiger partial charge in [0, 0.05) is 24.8 Å². The molecule has 1 aliphatic rings. The molecule has 1 aliphatic heterocycles. The van der Waals surface area contributed by atoms with Crippen LogP contribution in [0.1, 0.15) is 31.2 Å². The molecule has 0 radical (unpaired) electrons. The zero-order chi connectivity index (χ0) is 12.8. The van der Waals surface area contributed by atoms with Crippen LogP contribution in [-0.2, 0) is 6.54 Å². The molecule has 1 aromatic rings. The van der Waals surface area contributed by atoms with Gasteiger partial charge in [-0.05, 0) is 26.0 Å². The third-order valence-corrected chi connectivity index (χ3v) is 3.59. The molecule has 1 fully saturated rings. The lowest BCUT2D eigenvalue weighted by atomic mass is 10.1. The lowest BCUT2D eigenvalue weighted by Gasteiger charge is -2.31. The van der Waals surface area contributed by atoms with E-state index in [1.807, 2.05) is 19.3 Å². The fraction of sp³-hybridized carbons (Fsp3) is 0.643. The van der Waals surface area contributed by atoms with Crippen LogP contribution in [-0.4, -0.2) is 36.3 Å². The van der Waals surface area contributed by atoms with Crippen LogP contribution in [0.3, 0.4) is 0 Å². The molecule has 4 nitrogen and oxygen atoms in total. The molecular weight excluding hydrogens is 226 g/mol. The van der Waals surface area contributed by atoms with Crippen molar-refractivity contribution in [3.05, 3.63) is 23.9 Å². The Kier molecular flexibility index (Phi) is 4.96. The SMILES string of the molecule is CNCc1cccnc1N1CCCCCC1CO. The van der Waals surface area contributed by atoms with Gasteiger partial charge in [0.25, 0.3) is 0 Å². The molecule has 2 heterocycles. The monoisotopic (exact) mass is 249 g/mol. The summed E-state index contributed by atoms with van der Waals surface area (Å²) >= 11 is 0. The molecule has 1 unspecified atom stereocenters. The van der Waals surface area contributed by atoms with E-state index in [-0.39, 0.29) is 12.6 Å². The maximum Gasteiger partial charge on any atom is 0.133 e. The lowest BCUT2D eigenvalue weighted by Crippen LogP contribution is -2.39. The van der Waals surface area contributed by atoms with E-state index in [9.17, 15) is 5.11 Å². The molecule has 0 aromatic carbocycles. The van der Waals surface area contributed by atoms with Gasteiger partial charge >= 0.3 is 0 Å². The number of hydrogen-bond donors (Lipinski definition) is 2. The van der Waals surface area contributed by atoms with Crippen LogP contribution >= 0.6 is 0 Å². The van der Waals surface area contributed by atoms with Crippen LogP contribution in [0.2, 0.25) is 0 Å². The molecule has 100 valence electrons. The van der Waals surface area contributed by atoms with E-state index in [1.54, 1.807) is 0 Å². The van der Waals surface area contributed by atoms with Crippen LogP contribution in [0.25, 0.3) is 0 Å². The van der Waals surface area contributed by atoms with Gasteiger partial charge in [0.05, 0.1) is 12.6 Å². The maximum atomic E-state index is 9.58. The average Bonchev–Trinajstić information content (AvgIpc) is 2.65. The van der Waals surface area contributed by atoms with Crippen molar-refractivity contribution < 1.29 is 5.11 Å². The van der Waals surface area contributed by atoms with E-state index in [1.165, 1.54) is 24.8 Å². The van der Waals surface area contributed by atoms with E-state index in [4.69, 9.17) is 0 Å². The van der Waals surface area contributed by atoms with E-state index in [0.717, 1.165) is 25.3 Å². The predicted molar refractivity (Wildman–Crippen MR) is 73.7 cm³/mol. The molecule has 1 aromatic heterocycles. The highest BCUT2D eigenvalue weighted by Gasteiger charge is 2.23. The van der Waals surface area contributed by atoms with Crippen molar-refractivity contribution >= 4 is 5.82 Å². The molecule has 1 atom stereocenters. The van der Waals surface area contributed by atoms with Gasteiger partial charge in [0.2, 0.25) is 0 Å². The quantitative estimate of drug-likeness (QED) is 0.850. The third kappa shape index (κ3) is 3.00. The minimum atomic E-state index is 0.218. The second-order valence-corrected chi connectivity index (χ2v) is 4.90. The number of hydrogen-bond acceptors (Lipinski definition) is 4. The molecule has 0 amide bonds. The summed E-state index contributed by atoms with van der Waals surface area (Å²) in [5, 5.41) is 12.8. The van der Waals surface area contributed by atoms with Gasteiger partial charge in [0.1, 0.15) is 5.82 Å². The Morgan fingerprint density at radius 1 is 1.44 bits per heavy atom. The van der Waals surface area contributed by atoms with Gasteiger partial charge in [-0.1, -0.05) is 18.9 Å². The normalized spacial score (nSPS) is 20.8. The van der Waals surface area contributed by atoms with Crippen molar-refractivity contribution in [1.29, 1.82) is 0 Å². The number of aliphatic hydroxyl groups is 1. The fourth-order valence-electron chi connectivity index (χ4n) is 2.66. The summed E-state index contributed by atoms with van der Waals surface area (Å²) in [5.74, 6) is 1.04. The average molecular weight is 249 g/mol. The number of aliphatic hydroxyl groups excluding tert-OH is 1. The van der Waals surface area contributed by atoms with E-state index in [0.29, 0.717) is 0 Å². The van der Waals surface area contributed by atoms with Crippen molar-refractivity contribution in [3.63, 3.8) is 0 Å². The molecule has 2 N–H and O–H groups in total. The van der Waals surface area contributed by atoms with Gasteiger partial charge in [-0.15, -0.1) is 0 Å². The number of nitrogens with zero attached hydrogens (tertiary/aromatic N) is 2. The van der Waals surface area contributed by atoms with Gasteiger partial charge < -0.3 is 15.3 Å². The number of pyridine rings is 1. The summed E-state index contributed by atoms with van der Waals surface area (Å²) in [7, 11) is 1.95. The van der Waals surface area contributed by atoms with Crippen molar-refractivity contribution in [3.8, 4) is 0 Å². The van der Waals surface area contributed by atoms with Gasteiger partial charge in [-0.25, -0.2) is 4.98 Å². The van der Waals surface area contributed by atoms with Gasteiger partial charge in [-0.2, -0.15) is 0 Å². The molecule has 4 heteroatoms. The third-order valence-electron chi connectivity index (χ3n) is 3.59. The van der Waals surface area contributed by atoms with Crippen molar-refractivity contribution in [2.45, 2.75) is 38.3 Å². The second kappa shape index (κ2) is 6.71. The molecular formula is C14H23N3O. The van der Waals surface area contributed by atoms with E-state index >= 15 is 0 Å². The van der Waals surface area contributed by atoms with Crippen LogP contribution in [0.15, 0.2) is 18.3 Å². The van der Waals surface area contributed by atoms with Gasteiger partial charge in [0.15, 0.2) is 0 Å². The number of anilines is 1. The fourth-order valence-corrected chi connectivity index (χ4v) is 2.66. The Morgan fingerprint density at radius 3 is 3.11 bits per heavy atom. The first-order chi connectivity index (χ1) is 8.86. The standard InChI is InChI=1S/C14H23N3O/c1-15-10-12-6-5-8-16-14(12)17-9-4-2-3-7-13(17)11-18/h5-6,8,13,15,18H,2-4,7,9-11H2,1H3. The number of rotatable bonds is 4. The smallest absolute Gasteiger partial charge is 0.133 e. The van der Waals surface area contributed by atoms with E-state index in [2.05, 4.69) is 21.3 Å². The highest BCUT2D eigenvalue weighted by Crippen LogP contribution is 2.25. The Morgan fingerprint density at radius 2 is 2.33 bits per heavy atom. The van der Waals surface area contributed by atoms with Gasteiger partial charge in [-0.3, -0.25) is 0 Å². The van der Waals surface area contributed by atoms with Crippen LogP contribution in [0.5, 0.6) is 0 Å². The zero-order valence-corrected chi connectivity index (χ0v) is 11.1. The minimum absolute atomic E-state index is 0.218. The molecule has 0 aliphatic carbocycles. The van der Waals surface area contributed by atoms with Crippen LogP contribution in [0, 0.1) is 0 Å². The molecule has 0 spiro atoms. The first-order valence-electron chi connectivity index (χ1n) is 6.83. The Bertz CT molecular complexity index is 370. The Balaban J connectivity index is 2.26. The largest absolute Gasteiger partial charge is 0.394 e.